The smallest absolute Gasteiger partial charge is 0.0524 e. The zero-order valence-corrected chi connectivity index (χ0v) is 8.18. The van der Waals surface area contributed by atoms with Crippen LogP contribution >= 0.6 is 0 Å². The molecule has 72 valence electrons. The zero-order valence-electron chi connectivity index (χ0n) is 8.18. The number of rotatable bonds is 1. The summed E-state index contributed by atoms with van der Waals surface area (Å²) in [5, 5.41) is 9.49. The van der Waals surface area contributed by atoms with Crippen LogP contribution in [0.5, 0.6) is 0 Å². The number of fused-ring (bicyclic) bond motifs is 1. The van der Waals surface area contributed by atoms with E-state index < -0.39 is 0 Å². The Balaban J connectivity index is 2.30. The van der Waals surface area contributed by atoms with E-state index in [2.05, 4.69) is 12.7 Å². The molecule has 1 atom stereocenters. The maximum atomic E-state index is 9.49. The highest BCUT2D eigenvalue weighted by Gasteiger charge is 2.37. The van der Waals surface area contributed by atoms with Crippen LogP contribution in [0.4, 0.5) is 0 Å². The molecule has 2 aliphatic rings. The third kappa shape index (κ3) is 1.46. The van der Waals surface area contributed by atoms with Crippen LogP contribution in [0, 0.1) is 5.41 Å². The molecular formula is C12H18O. The third-order valence-electron chi connectivity index (χ3n) is 3.64. The molecule has 1 heteroatoms. The number of hydrogen-bond acceptors (Lipinski definition) is 1. The topological polar surface area (TPSA) is 20.2 Å². The summed E-state index contributed by atoms with van der Waals surface area (Å²) in [5.74, 6) is 0. The van der Waals surface area contributed by atoms with E-state index in [9.17, 15) is 5.11 Å². The largest absolute Gasteiger partial charge is 0.395 e. The molecule has 0 saturated heterocycles. The quantitative estimate of drug-likeness (QED) is 0.654. The van der Waals surface area contributed by atoms with Crippen molar-refractivity contribution in [1.29, 1.82) is 0 Å². The van der Waals surface area contributed by atoms with Crippen molar-refractivity contribution in [3.8, 4) is 0 Å². The molecule has 2 aliphatic carbocycles. The molecule has 0 bridgehead atoms. The summed E-state index contributed by atoms with van der Waals surface area (Å²) < 4.78 is 0. The van der Waals surface area contributed by atoms with Gasteiger partial charge >= 0.3 is 0 Å². The fourth-order valence-electron chi connectivity index (χ4n) is 2.69. The van der Waals surface area contributed by atoms with E-state index in [0.717, 1.165) is 12.8 Å². The Kier molecular flexibility index (Phi) is 2.29. The Morgan fingerprint density at radius 2 is 2.15 bits per heavy atom. The van der Waals surface area contributed by atoms with Crippen molar-refractivity contribution < 1.29 is 5.11 Å². The first-order valence-corrected chi connectivity index (χ1v) is 5.26. The first-order chi connectivity index (χ1) is 6.27. The second-order valence-electron chi connectivity index (χ2n) is 4.47. The van der Waals surface area contributed by atoms with Crippen molar-refractivity contribution in [1.82, 2.24) is 0 Å². The first-order valence-electron chi connectivity index (χ1n) is 5.26. The van der Waals surface area contributed by atoms with Crippen LogP contribution in [0.1, 0.15) is 38.5 Å². The predicted octanol–water partition coefficient (Wildman–Crippen LogP) is 2.82. The lowest BCUT2D eigenvalue weighted by Crippen LogP contribution is -2.33. The van der Waals surface area contributed by atoms with E-state index in [-0.39, 0.29) is 5.41 Å². The molecule has 0 aliphatic heterocycles. The summed E-state index contributed by atoms with van der Waals surface area (Å²) in [5.41, 5.74) is 2.87. The summed E-state index contributed by atoms with van der Waals surface area (Å²) in [6, 6.07) is 0. The molecule has 0 amide bonds. The normalized spacial score (nSPS) is 33.9. The van der Waals surface area contributed by atoms with Crippen LogP contribution in [0.2, 0.25) is 0 Å². The highest BCUT2D eigenvalue weighted by molar-refractivity contribution is 5.31. The number of aliphatic hydroxyl groups is 1. The molecule has 0 radical (unpaired) electrons. The van der Waals surface area contributed by atoms with E-state index in [4.69, 9.17) is 0 Å². The van der Waals surface area contributed by atoms with Crippen molar-refractivity contribution in [3.63, 3.8) is 0 Å². The highest BCUT2D eigenvalue weighted by Crippen LogP contribution is 2.47. The number of allylic oxidation sites excluding steroid dienone is 2. The van der Waals surface area contributed by atoms with Gasteiger partial charge < -0.3 is 5.11 Å². The Hall–Kier alpha value is -0.560. The monoisotopic (exact) mass is 178 g/mol. The van der Waals surface area contributed by atoms with Crippen LogP contribution in [0.25, 0.3) is 0 Å². The molecule has 1 saturated carbocycles. The van der Waals surface area contributed by atoms with Gasteiger partial charge in [-0.15, -0.1) is 0 Å². The van der Waals surface area contributed by atoms with Crippen molar-refractivity contribution in [3.05, 3.63) is 23.8 Å². The van der Waals surface area contributed by atoms with Gasteiger partial charge in [0.2, 0.25) is 0 Å². The number of hydrogen-bond donors (Lipinski definition) is 1. The minimum Gasteiger partial charge on any atom is -0.395 e. The standard InChI is InChI=1S/C12H18O/c1-10-5-7-12(9-13)6-3-2-4-11(12)8-10/h8,13H,1-7,9H2/t12-/m1/s1. The van der Waals surface area contributed by atoms with Crippen molar-refractivity contribution in [2.24, 2.45) is 5.41 Å². The van der Waals surface area contributed by atoms with E-state index >= 15 is 0 Å². The molecule has 0 unspecified atom stereocenters. The maximum Gasteiger partial charge on any atom is 0.0524 e. The van der Waals surface area contributed by atoms with Crippen LogP contribution in [-0.2, 0) is 0 Å². The maximum absolute atomic E-state index is 9.49. The molecule has 0 heterocycles. The lowest BCUT2D eigenvalue weighted by Gasteiger charge is -2.41. The second kappa shape index (κ2) is 3.30. The van der Waals surface area contributed by atoms with E-state index in [1.54, 1.807) is 0 Å². The predicted molar refractivity (Wildman–Crippen MR) is 54.4 cm³/mol. The van der Waals surface area contributed by atoms with Gasteiger partial charge in [0.15, 0.2) is 0 Å². The Morgan fingerprint density at radius 3 is 2.92 bits per heavy atom. The zero-order chi connectivity index (χ0) is 9.31. The first kappa shape index (κ1) is 9.01. The van der Waals surface area contributed by atoms with Crippen molar-refractivity contribution in [2.45, 2.75) is 38.5 Å². The Morgan fingerprint density at radius 1 is 1.31 bits per heavy atom. The summed E-state index contributed by atoms with van der Waals surface area (Å²) >= 11 is 0. The summed E-state index contributed by atoms with van der Waals surface area (Å²) in [6.45, 7) is 4.35. The van der Waals surface area contributed by atoms with Crippen LogP contribution < -0.4 is 0 Å². The fourth-order valence-corrected chi connectivity index (χ4v) is 2.69. The Labute approximate surface area is 80.2 Å². The minimum atomic E-state index is 0.152. The van der Waals surface area contributed by atoms with Crippen molar-refractivity contribution >= 4 is 0 Å². The van der Waals surface area contributed by atoms with Gasteiger partial charge in [0.05, 0.1) is 6.61 Å². The molecule has 0 aromatic carbocycles. The van der Waals surface area contributed by atoms with Crippen LogP contribution in [0.15, 0.2) is 23.8 Å². The van der Waals surface area contributed by atoms with Gasteiger partial charge in [-0.1, -0.05) is 30.2 Å². The molecule has 13 heavy (non-hydrogen) atoms. The van der Waals surface area contributed by atoms with Gasteiger partial charge in [-0.3, -0.25) is 0 Å². The van der Waals surface area contributed by atoms with Gasteiger partial charge in [0.25, 0.3) is 0 Å². The fraction of sp³-hybridized carbons (Fsp3) is 0.667. The molecule has 1 fully saturated rings. The van der Waals surface area contributed by atoms with Gasteiger partial charge in [-0.05, 0) is 32.1 Å². The summed E-state index contributed by atoms with van der Waals surface area (Å²) in [4.78, 5) is 0. The van der Waals surface area contributed by atoms with E-state index in [0.29, 0.717) is 6.61 Å². The summed E-state index contributed by atoms with van der Waals surface area (Å²) in [6.07, 6.45) is 9.37. The van der Waals surface area contributed by atoms with Gasteiger partial charge in [0.1, 0.15) is 0 Å². The van der Waals surface area contributed by atoms with Crippen LogP contribution in [0.3, 0.4) is 0 Å². The lowest BCUT2D eigenvalue weighted by molar-refractivity contribution is 0.117. The third-order valence-corrected chi connectivity index (χ3v) is 3.64. The summed E-state index contributed by atoms with van der Waals surface area (Å²) in [7, 11) is 0. The van der Waals surface area contributed by atoms with Gasteiger partial charge in [-0.25, -0.2) is 0 Å². The van der Waals surface area contributed by atoms with E-state index in [1.165, 1.54) is 36.8 Å². The SMILES string of the molecule is C=C1C=C2CCCC[C@]2(CO)CC1. The van der Waals surface area contributed by atoms with Gasteiger partial charge in [0, 0.05) is 5.41 Å². The molecule has 0 spiro atoms. The minimum absolute atomic E-state index is 0.152. The molecule has 0 aromatic heterocycles. The second-order valence-corrected chi connectivity index (χ2v) is 4.47. The average Bonchev–Trinajstić information content (AvgIpc) is 2.18. The Bertz CT molecular complexity index is 252. The molecule has 1 N–H and O–H groups in total. The highest BCUT2D eigenvalue weighted by atomic mass is 16.3. The molecule has 2 rings (SSSR count). The molecule has 0 aromatic rings. The molecule has 1 nitrogen and oxygen atoms in total. The average molecular weight is 178 g/mol. The van der Waals surface area contributed by atoms with Crippen molar-refractivity contribution in [2.75, 3.05) is 6.61 Å². The van der Waals surface area contributed by atoms with E-state index in [1.807, 2.05) is 0 Å². The lowest BCUT2D eigenvalue weighted by atomic mass is 9.65. The number of aliphatic hydroxyl groups excluding tert-OH is 1. The van der Waals surface area contributed by atoms with Gasteiger partial charge in [-0.2, -0.15) is 0 Å². The van der Waals surface area contributed by atoms with Crippen LogP contribution in [-0.4, -0.2) is 11.7 Å². The molecular weight excluding hydrogens is 160 g/mol.